The molecule has 0 aromatic carbocycles. The van der Waals surface area contributed by atoms with Gasteiger partial charge in [0.2, 0.25) is 0 Å². The molecule has 7 unspecified atom stereocenters. The van der Waals surface area contributed by atoms with Crippen molar-refractivity contribution in [3.05, 3.63) is 11.6 Å². The van der Waals surface area contributed by atoms with Crippen molar-refractivity contribution in [3.8, 4) is 0 Å². The number of epoxide rings is 1. The van der Waals surface area contributed by atoms with E-state index in [4.69, 9.17) is 9.47 Å². The smallest absolute Gasteiger partial charge is 0.129 e. The summed E-state index contributed by atoms with van der Waals surface area (Å²) in [5.74, 6) is 0. The molecule has 1 aliphatic carbocycles. The van der Waals surface area contributed by atoms with Gasteiger partial charge in [0.25, 0.3) is 0 Å². The van der Waals surface area contributed by atoms with Crippen LogP contribution in [0.3, 0.4) is 0 Å². The fourth-order valence-electron chi connectivity index (χ4n) is 3.74. The number of aliphatic hydroxyl groups excluding tert-OH is 2. The quantitative estimate of drug-likeness (QED) is 0.428. The second-order valence-electron chi connectivity index (χ2n) is 7.76. The lowest BCUT2D eigenvalue weighted by Crippen LogP contribution is -2.65. The molecule has 6 heteroatoms. The number of ether oxygens (including phenoxy) is 2. The van der Waals surface area contributed by atoms with Crippen molar-refractivity contribution in [2.24, 2.45) is 0 Å². The topological polar surface area (TPSA) is 103 Å². The average molecular weight is 314 g/mol. The van der Waals surface area contributed by atoms with Crippen LogP contribution in [0.25, 0.3) is 0 Å². The fraction of sp³-hybridized carbons (Fsp3) is 0.875. The Kier molecular flexibility index (Phi) is 3.53. The van der Waals surface area contributed by atoms with Crippen LogP contribution in [-0.4, -0.2) is 67.7 Å². The Morgan fingerprint density at radius 1 is 1.23 bits per heavy atom. The van der Waals surface area contributed by atoms with E-state index in [1.807, 2.05) is 19.9 Å². The number of hydrogen-bond acceptors (Lipinski definition) is 6. The molecule has 6 nitrogen and oxygen atoms in total. The van der Waals surface area contributed by atoms with Gasteiger partial charge < -0.3 is 29.9 Å². The first-order valence-electron chi connectivity index (χ1n) is 7.80. The molecule has 7 atom stereocenters. The van der Waals surface area contributed by atoms with Crippen LogP contribution in [0.2, 0.25) is 0 Å². The highest BCUT2D eigenvalue weighted by Gasteiger charge is 2.78. The van der Waals surface area contributed by atoms with Gasteiger partial charge in [-0.15, -0.1) is 0 Å². The third-order valence-corrected chi connectivity index (χ3v) is 5.29. The van der Waals surface area contributed by atoms with E-state index in [0.29, 0.717) is 6.42 Å². The molecule has 22 heavy (non-hydrogen) atoms. The maximum absolute atomic E-state index is 10.8. The summed E-state index contributed by atoms with van der Waals surface area (Å²) in [6, 6.07) is 0. The minimum Gasteiger partial charge on any atom is -0.388 e. The van der Waals surface area contributed by atoms with E-state index in [9.17, 15) is 20.4 Å². The lowest BCUT2D eigenvalue weighted by molar-refractivity contribution is -0.181. The van der Waals surface area contributed by atoms with E-state index in [2.05, 4.69) is 0 Å². The summed E-state index contributed by atoms with van der Waals surface area (Å²) in [4.78, 5) is 0. The first-order valence-corrected chi connectivity index (χ1v) is 7.80. The van der Waals surface area contributed by atoms with Gasteiger partial charge in [-0.3, -0.25) is 0 Å². The van der Waals surface area contributed by atoms with Crippen molar-refractivity contribution in [2.75, 3.05) is 0 Å². The van der Waals surface area contributed by atoms with Gasteiger partial charge in [0.15, 0.2) is 0 Å². The molecule has 1 saturated carbocycles. The standard InChI is InChI=1S/C16H26O6/c1-8(2)5-6-16-11(18)10(17)15(20)7-9(14(3,4)19)21-12(15)13(16)22-16/h5,9-13,17-20H,6-7H2,1-4H3. The molecule has 0 amide bonds. The van der Waals surface area contributed by atoms with Crippen LogP contribution in [0.4, 0.5) is 0 Å². The van der Waals surface area contributed by atoms with Gasteiger partial charge in [-0.05, 0) is 34.1 Å². The van der Waals surface area contributed by atoms with Gasteiger partial charge in [-0.2, -0.15) is 0 Å². The van der Waals surface area contributed by atoms with E-state index >= 15 is 0 Å². The first kappa shape index (κ1) is 16.4. The molecule has 0 spiro atoms. The summed E-state index contributed by atoms with van der Waals surface area (Å²) >= 11 is 0. The molecule has 0 bridgehead atoms. The van der Waals surface area contributed by atoms with Crippen molar-refractivity contribution >= 4 is 0 Å². The summed E-state index contributed by atoms with van der Waals surface area (Å²) in [6.45, 7) is 7.11. The normalized spacial score (nSPS) is 50.3. The van der Waals surface area contributed by atoms with Gasteiger partial charge >= 0.3 is 0 Å². The maximum atomic E-state index is 10.8. The highest BCUT2D eigenvalue weighted by Crippen LogP contribution is 2.58. The van der Waals surface area contributed by atoms with E-state index in [-0.39, 0.29) is 6.42 Å². The molecule has 3 fully saturated rings. The molecule has 3 aliphatic rings. The maximum Gasteiger partial charge on any atom is 0.129 e. The average Bonchev–Trinajstić information content (AvgIpc) is 3.02. The van der Waals surface area contributed by atoms with Crippen molar-refractivity contribution in [1.82, 2.24) is 0 Å². The molecular formula is C16H26O6. The van der Waals surface area contributed by atoms with Crippen LogP contribution in [0.1, 0.15) is 40.5 Å². The van der Waals surface area contributed by atoms with Crippen molar-refractivity contribution in [3.63, 3.8) is 0 Å². The Balaban J connectivity index is 1.88. The number of rotatable bonds is 3. The third-order valence-electron chi connectivity index (χ3n) is 5.29. The monoisotopic (exact) mass is 314 g/mol. The first-order chi connectivity index (χ1) is 10.0. The Bertz CT molecular complexity index is 493. The third kappa shape index (κ3) is 2.17. The summed E-state index contributed by atoms with van der Waals surface area (Å²) < 4.78 is 11.5. The van der Waals surface area contributed by atoms with Crippen LogP contribution >= 0.6 is 0 Å². The van der Waals surface area contributed by atoms with E-state index in [0.717, 1.165) is 5.57 Å². The lowest BCUT2D eigenvalue weighted by atomic mass is 9.70. The molecular weight excluding hydrogens is 288 g/mol. The molecule has 2 aliphatic heterocycles. The van der Waals surface area contributed by atoms with Crippen molar-refractivity contribution in [1.29, 1.82) is 0 Å². The van der Waals surface area contributed by atoms with E-state index in [1.54, 1.807) is 13.8 Å². The van der Waals surface area contributed by atoms with Crippen LogP contribution in [0.15, 0.2) is 11.6 Å². The van der Waals surface area contributed by atoms with Crippen LogP contribution in [-0.2, 0) is 9.47 Å². The van der Waals surface area contributed by atoms with Gasteiger partial charge in [-0.1, -0.05) is 11.6 Å². The Labute approximate surface area is 130 Å². The SMILES string of the molecule is CC(C)=CCC12OC1C1OC(C(C)(C)O)CC1(O)C(O)C2O. The van der Waals surface area contributed by atoms with Gasteiger partial charge in [0, 0.05) is 6.42 Å². The molecule has 3 rings (SSSR count). The fourth-order valence-corrected chi connectivity index (χ4v) is 3.74. The summed E-state index contributed by atoms with van der Waals surface area (Å²) in [6.07, 6.45) is -1.91. The zero-order valence-corrected chi connectivity index (χ0v) is 13.5. The summed E-state index contributed by atoms with van der Waals surface area (Å²) in [7, 11) is 0. The molecule has 0 radical (unpaired) electrons. The van der Waals surface area contributed by atoms with Crippen LogP contribution < -0.4 is 0 Å². The molecule has 2 saturated heterocycles. The molecule has 0 aromatic heterocycles. The number of aliphatic hydroxyl groups is 4. The number of allylic oxidation sites excluding steroid dienone is 1. The van der Waals surface area contributed by atoms with E-state index < -0.39 is 47.3 Å². The van der Waals surface area contributed by atoms with Crippen molar-refractivity contribution in [2.45, 2.75) is 87.9 Å². The highest BCUT2D eigenvalue weighted by atomic mass is 16.7. The van der Waals surface area contributed by atoms with Gasteiger partial charge in [0.1, 0.15) is 35.6 Å². The van der Waals surface area contributed by atoms with Gasteiger partial charge in [0.05, 0.1) is 11.7 Å². The van der Waals surface area contributed by atoms with Crippen LogP contribution in [0, 0.1) is 0 Å². The Morgan fingerprint density at radius 3 is 2.41 bits per heavy atom. The predicted octanol–water partition coefficient (Wildman–Crippen LogP) is -0.125. The zero-order chi connectivity index (χ0) is 16.5. The minimum atomic E-state index is -1.60. The zero-order valence-electron chi connectivity index (χ0n) is 13.5. The highest BCUT2D eigenvalue weighted by molar-refractivity contribution is 5.28. The van der Waals surface area contributed by atoms with E-state index in [1.165, 1.54) is 0 Å². The van der Waals surface area contributed by atoms with Gasteiger partial charge in [-0.25, -0.2) is 0 Å². The molecule has 2 heterocycles. The lowest BCUT2D eigenvalue weighted by Gasteiger charge is -2.41. The molecule has 4 N–H and O–H groups in total. The Hall–Kier alpha value is -0.500. The summed E-state index contributed by atoms with van der Waals surface area (Å²) in [5.41, 5.74) is -2.55. The van der Waals surface area contributed by atoms with Crippen LogP contribution in [0.5, 0.6) is 0 Å². The number of hydrogen-bond donors (Lipinski definition) is 4. The Morgan fingerprint density at radius 2 is 1.86 bits per heavy atom. The largest absolute Gasteiger partial charge is 0.388 e. The second-order valence-corrected chi connectivity index (χ2v) is 7.76. The molecule has 0 aromatic rings. The molecule has 126 valence electrons. The summed E-state index contributed by atoms with van der Waals surface area (Å²) in [5, 5.41) is 41.9. The predicted molar refractivity (Wildman–Crippen MR) is 78.2 cm³/mol. The minimum absolute atomic E-state index is 0.0674. The second kappa shape index (κ2) is 4.75. The number of fused-ring (bicyclic) bond motifs is 3. The van der Waals surface area contributed by atoms with Crippen molar-refractivity contribution < 1.29 is 29.9 Å².